The van der Waals surface area contributed by atoms with E-state index >= 15 is 0 Å². The van der Waals surface area contributed by atoms with Gasteiger partial charge in [0.05, 0.1) is 11.4 Å². The van der Waals surface area contributed by atoms with Crippen LogP contribution in [0.3, 0.4) is 0 Å². The predicted molar refractivity (Wildman–Crippen MR) is 100 cm³/mol. The first-order valence-corrected chi connectivity index (χ1v) is 8.48. The number of carbonyl (C=O) groups excluding carboxylic acids is 3. The Morgan fingerprint density at radius 3 is 2.31 bits per heavy atom. The van der Waals surface area contributed by atoms with E-state index in [1.165, 1.54) is 13.0 Å². The zero-order valence-corrected chi connectivity index (χ0v) is 14.9. The number of carbonyl (C=O) groups is 3. The summed E-state index contributed by atoms with van der Waals surface area (Å²) >= 11 is 0. The molecule has 2 rings (SSSR count). The summed E-state index contributed by atoms with van der Waals surface area (Å²) in [7, 11) is 0. The van der Waals surface area contributed by atoms with Crippen molar-refractivity contribution >= 4 is 29.2 Å². The molecule has 26 heavy (non-hydrogen) atoms. The summed E-state index contributed by atoms with van der Waals surface area (Å²) in [4.78, 5) is 35.5. The Kier molecular flexibility index (Phi) is 6.91. The summed E-state index contributed by atoms with van der Waals surface area (Å²) in [5, 5.41) is 5.59. The summed E-state index contributed by atoms with van der Waals surface area (Å²) in [6, 6.07) is 13.3. The van der Waals surface area contributed by atoms with Crippen molar-refractivity contribution in [1.29, 1.82) is 0 Å². The van der Waals surface area contributed by atoms with Gasteiger partial charge >= 0.3 is 5.97 Å². The summed E-state index contributed by atoms with van der Waals surface area (Å²) in [5.41, 5.74) is 1.38. The lowest BCUT2D eigenvalue weighted by Gasteiger charge is -2.12. The monoisotopic (exact) mass is 354 g/mol. The summed E-state index contributed by atoms with van der Waals surface area (Å²) in [5.74, 6) is -0.617. The summed E-state index contributed by atoms with van der Waals surface area (Å²) < 4.78 is 4.99. The molecule has 2 amide bonds. The Morgan fingerprint density at radius 1 is 0.962 bits per heavy atom. The molecular weight excluding hydrogens is 332 g/mol. The lowest BCUT2D eigenvalue weighted by atomic mass is 10.2. The molecule has 0 saturated heterocycles. The first-order chi connectivity index (χ1) is 12.5. The molecule has 0 aliphatic rings. The van der Waals surface area contributed by atoms with E-state index in [0.29, 0.717) is 29.1 Å². The fourth-order valence-electron chi connectivity index (χ4n) is 2.31. The molecule has 0 aliphatic heterocycles. The average Bonchev–Trinajstić information content (AvgIpc) is 2.61. The van der Waals surface area contributed by atoms with Gasteiger partial charge in [0.2, 0.25) is 5.91 Å². The Morgan fingerprint density at radius 2 is 1.65 bits per heavy atom. The van der Waals surface area contributed by atoms with E-state index in [0.717, 1.165) is 12.8 Å². The lowest BCUT2D eigenvalue weighted by Crippen LogP contribution is -2.16. The van der Waals surface area contributed by atoms with Crippen LogP contribution in [0.15, 0.2) is 48.5 Å². The van der Waals surface area contributed by atoms with Gasteiger partial charge in [0.25, 0.3) is 5.91 Å². The maximum absolute atomic E-state index is 12.5. The number of esters is 1. The smallest absolute Gasteiger partial charge is 0.308 e. The highest BCUT2D eigenvalue weighted by molar-refractivity contribution is 6.07. The molecule has 0 bridgehead atoms. The Balaban J connectivity index is 2.12. The number of hydrogen-bond acceptors (Lipinski definition) is 4. The van der Waals surface area contributed by atoms with Gasteiger partial charge in [-0.2, -0.15) is 0 Å². The topological polar surface area (TPSA) is 84.5 Å². The van der Waals surface area contributed by atoms with Gasteiger partial charge in [-0.05, 0) is 36.8 Å². The molecule has 0 unspecified atom stereocenters. The molecule has 0 saturated carbocycles. The third-order valence-corrected chi connectivity index (χ3v) is 3.56. The minimum atomic E-state index is -0.456. The first kappa shape index (κ1) is 19.2. The Bertz CT molecular complexity index is 802. The number of amides is 2. The van der Waals surface area contributed by atoms with Crippen LogP contribution in [0.5, 0.6) is 5.75 Å². The van der Waals surface area contributed by atoms with Gasteiger partial charge in [0.15, 0.2) is 0 Å². The molecule has 6 heteroatoms. The molecule has 2 aromatic rings. The van der Waals surface area contributed by atoms with Crippen LogP contribution in [-0.2, 0) is 9.59 Å². The third-order valence-electron chi connectivity index (χ3n) is 3.56. The number of ether oxygens (including phenoxy) is 1. The minimum absolute atomic E-state index is 0.0922. The van der Waals surface area contributed by atoms with Gasteiger partial charge in [0.1, 0.15) is 5.75 Å². The average molecular weight is 354 g/mol. The van der Waals surface area contributed by atoms with Crippen molar-refractivity contribution in [3.05, 3.63) is 54.1 Å². The Labute approximate surface area is 152 Å². The molecule has 2 aromatic carbocycles. The Hall–Kier alpha value is -3.15. The number of nitrogens with one attached hydrogen (secondary N) is 2. The second kappa shape index (κ2) is 9.36. The molecule has 0 heterocycles. The van der Waals surface area contributed by atoms with Crippen LogP contribution in [-0.4, -0.2) is 17.8 Å². The lowest BCUT2D eigenvalue weighted by molar-refractivity contribution is -0.131. The molecule has 0 aromatic heterocycles. The van der Waals surface area contributed by atoms with Crippen LogP contribution >= 0.6 is 0 Å². The van der Waals surface area contributed by atoms with E-state index in [9.17, 15) is 14.4 Å². The minimum Gasteiger partial charge on any atom is -0.427 e. The van der Waals surface area contributed by atoms with E-state index in [1.807, 2.05) is 6.92 Å². The molecule has 0 atom stereocenters. The highest BCUT2D eigenvalue weighted by atomic mass is 16.5. The maximum Gasteiger partial charge on any atom is 0.308 e. The normalized spacial score (nSPS) is 10.1. The molecular formula is C20H22N2O4. The summed E-state index contributed by atoms with van der Waals surface area (Å²) in [6.07, 6.45) is 2.18. The largest absolute Gasteiger partial charge is 0.427 e. The van der Waals surface area contributed by atoms with E-state index in [2.05, 4.69) is 10.6 Å². The van der Waals surface area contributed by atoms with E-state index in [1.54, 1.807) is 42.5 Å². The van der Waals surface area contributed by atoms with E-state index in [-0.39, 0.29) is 11.8 Å². The van der Waals surface area contributed by atoms with Crippen molar-refractivity contribution in [2.24, 2.45) is 0 Å². The van der Waals surface area contributed by atoms with Gasteiger partial charge in [0, 0.05) is 18.9 Å². The predicted octanol–water partition coefficient (Wildman–Crippen LogP) is 3.99. The fraction of sp³-hybridized carbons (Fsp3) is 0.250. The van der Waals surface area contributed by atoms with Crippen molar-refractivity contribution < 1.29 is 19.1 Å². The molecule has 6 nitrogen and oxygen atoms in total. The molecule has 0 radical (unpaired) electrons. The molecule has 0 spiro atoms. The van der Waals surface area contributed by atoms with Crippen LogP contribution in [0.4, 0.5) is 11.4 Å². The maximum atomic E-state index is 12.5. The van der Waals surface area contributed by atoms with Gasteiger partial charge < -0.3 is 15.4 Å². The van der Waals surface area contributed by atoms with Crippen molar-refractivity contribution in [2.45, 2.75) is 33.1 Å². The highest BCUT2D eigenvalue weighted by Crippen LogP contribution is 2.23. The van der Waals surface area contributed by atoms with E-state index < -0.39 is 5.97 Å². The van der Waals surface area contributed by atoms with Crippen molar-refractivity contribution in [2.75, 3.05) is 10.6 Å². The van der Waals surface area contributed by atoms with Crippen molar-refractivity contribution in [1.82, 2.24) is 0 Å². The molecule has 0 fully saturated rings. The van der Waals surface area contributed by atoms with Crippen LogP contribution in [0.2, 0.25) is 0 Å². The van der Waals surface area contributed by atoms with Gasteiger partial charge in [-0.25, -0.2) is 0 Å². The number of unbranched alkanes of at least 4 members (excludes halogenated alkanes) is 1. The van der Waals surface area contributed by atoms with Gasteiger partial charge in [-0.1, -0.05) is 31.5 Å². The molecule has 2 N–H and O–H groups in total. The number of rotatable bonds is 7. The van der Waals surface area contributed by atoms with E-state index in [4.69, 9.17) is 4.74 Å². The van der Waals surface area contributed by atoms with Gasteiger partial charge in [-0.15, -0.1) is 0 Å². The zero-order chi connectivity index (χ0) is 18.9. The quantitative estimate of drug-likeness (QED) is 0.581. The molecule has 136 valence electrons. The first-order valence-electron chi connectivity index (χ1n) is 8.48. The summed E-state index contributed by atoms with van der Waals surface area (Å²) in [6.45, 7) is 3.32. The number of hydrogen-bond donors (Lipinski definition) is 2. The molecule has 0 aliphatic carbocycles. The highest BCUT2D eigenvalue weighted by Gasteiger charge is 2.12. The van der Waals surface area contributed by atoms with Crippen molar-refractivity contribution in [3.8, 4) is 5.75 Å². The van der Waals surface area contributed by atoms with Crippen LogP contribution in [0.1, 0.15) is 43.5 Å². The van der Waals surface area contributed by atoms with Crippen molar-refractivity contribution in [3.63, 3.8) is 0 Å². The van der Waals surface area contributed by atoms with Gasteiger partial charge in [-0.3, -0.25) is 14.4 Å². The van der Waals surface area contributed by atoms with Crippen LogP contribution in [0, 0.1) is 0 Å². The SMILES string of the molecule is CCCCC(=O)Nc1ccccc1NC(=O)c1cccc(OC(C)=O)c1. The van der Waals surface area contributed by atoms with Crippen LogP contribution in [0.25, 0.3) is 0 Å². The third kappa shape index (κ3) is 5.73. The second-order valence-corrected chi connectivity index (χ2v) is 5.77. The second-order valence-electron chi connectivity index (χ2n) is 5.77. The standard InChI is InChI=1S/C20H22N2O4/c1-3-4-12-19(24)21-17-10-5-6-11-18(17)22-20(25)15-8-7-9-16(13-15)26-14(2)23/h5-11,13H,3-4,12H2,1-2H3,(H,21,24)(H,22,25). The number of para-hydroxylation sites is 2. The number of anilines is 2. The fourth-order valence-corrected chi connectivity index (χ4v) is 2.31. The number of benzene rings is 2. The zero-order valence-electron chi connectivity index (χ0n) is 14.9. The van der Waals surface area contributed by atoms with Crippen LogP contribution < -0.4 is 15.4 Å².